The number of hydrogen-bond acceptors (Lipinski definition) is 1. The van der Waals surface area contributed by atoms with Gasteiger partial charge >= 0.3 is 0 Å². The van der Waals surface area contributed by atoms with E-state index >= 15 is 0 Å². The molecule has 1 radical (unpaired) electrons. The summed E-state index contributed by atoms with van der Waals surface area (Å²) in [4.78, 5) is 10.2. The van der Waals surface area contributed by atoms with Crippen LogP contribution in [0.2, 0.25) is 0 Å². The first-order valence-electron chi connectivity index (χ1n) is 2.97. The Bertz CT molecular complexity index is 233. The van der Waals surface area contributed by atoms with Crippen LogP contribution < -0.4 is 0 Å². The molecule has 2 nitrogen and oxygen atoms in total. The minimum atomic E-state index is -0.199. The van der Waals surface area contributed by atoms with Gasteiger partial charge in [0.05, 0.1) is 5.56 Å². The van der Waals surface area contributed by atoms with Crippen molar-refractivity contribution in [2.24, 2.45) is 0 Å². The fraction of sp³-hybridized carbons (Fsp3) is 0.125. The first-order chi connectivity index (χ1) is 4.75. The van der Waals surface area contributed by atoms with Crippen molar-refractivity contribution in [3.63, 3.8) is 0 Å². The fourth-order valence-corrected chi connectivity index (χ4v) is 0.805. The molecule has 1 aromatic rings. The quantitative estimate of drug-likeness (QED) is 0.542. The minimum Gasteiger partial charge on any atom is -0.298 e. The Morgan fingerprint density at radius 3 is 2.50 bits per heavy atom. The number of carbonyl (C=O) groups excluding carboxylic acids is 1. The van der Waals surface area contributed by atoms with Crippen molar-refractivity contribution in [1.29, 1.82) is 0 Å². The molecule has 51 valence electrons. The monoisotopic (exact) mass is 135 g/mol. The normalized spacial score (nSPS) is 9.30. The summed E-state index contributed by atoms with van der Waals surface area (Å²) in [6.45, 7) is 1.74. The predicted molar refractivity (Wildman–Crippen MR) is 36.7 cm³/mol. The van der Waals surface area contributed by atoms with Crippen molar-refractivity contribution < 1.29 is 9.90 Å². The van der Waals surface area contributed by atoms with E-state index in [0.717, 1.165) is 5.56 Å². The topological polar surface area (TPSA) is 37.0 Å². The predicted octanol–water partition coefficient (Wildman–Crippen LogP) is 1.95. The van der Waals surface area contributed by atoms with Gasteiger partial charge in [0.2, 0.25) is 0 Å². The summed E-state index contributed by atoms with van der Waals surface area (Å²) in [5.74, 6) is -0.199. The lowest BCUT2D eigenvalue weighted by molar-refractivity contribution is 0.111. The second-order valence-electron chi connectivity index (χ2n) is 2.10. The molecule has 0 N–H and O–H groups in total. The van der Waals surface area contributed by atoms with E-state index in [-0.39, 0.29) is 11.3 Å². The van der Waals surface area contributed by atoms with E-state index in [4.69, 9.17) is 0 Å². The standard InChI is InChI=1S/C8H7O2/c1-6-3-2-4-8(10)7(6)5-9/h2-5H,1H3. The molecule has 0 aliphatic heterocycles. The van der Waals surface area contributed by atoms with Gasteiger partial charge in [-0.3, -0.25) is 9.90 Å². The zero-order chi connectivity index (χ0) is 7.56. The summed E-state index contributed by atoms with van der Waals surface area (Å²) in [6.07, 6.45) is 0.595. The van der Waals surface area contributed by atoms with E-state index in [2.05, 4.69) is 0 Å². The average molecular weight is 135 g/mol. The van der Waals surface area contributed by atoms with Crippen molar-refractivity contribution in [1.82, 2.24) is 0 Å². The molecule has 0 fully saturated rings. The Kier molecular flexibility index (Phi) is 1.71. The molecular formula is C8H7O2. The molecule has 10 heavy (non-hydrogen) atoms. The van der Waals surface area contributed by atoms with Crippen LogP contribution in [0.1, 0.15) is 15.9 Å². The first kappa shape index (κ1) is 6.81. The maximum absolute atomic E-state index is 10.8. The van der Waals surface area contributed by atoms with E-state index < -0.39 is 0 Å². The summed E-state index contributed by atoms with van der Waals surface area (Å²) < 4.78 is 0. The second kappa shape index (κ2) is 2.52. The Morgan fingerprint density at radius 1 is 1.40 bits per heavy atom. The molecule has 1 aromatic carbocycles. The van der Waals surface area contributed by atoms with E-state index in [1.807, 2.05) is 0 Å². The Labute approximate surface area is 59.1 Å². The fourth-order valence-electron chi connectivity index (χ4n) is 0.805. The van der Waals surface area contributed by atoms with Crippen LogP contribution >= 0.6 is 0 Å². The number of aldehydes is 1. The minimum absolute atomic E-state index is 0.199. The second-order valence-corrected chi connectivity index (χ2v) is 2.10. The van der Waals surface area contributed by atoms with Crippen LogP contribution in [-0.4, -0.2) is 6.29 Å². The van der Waals surface area contributed by atoms with Crippen molar-refractivity contribution in [2.45, 2.75) is 6.92 Å². The highest BCUT2D eigenvalue weighted by molar-refractivity contribution is 5.81. The molecule has 0 aromatic heterocycles. The van der Waals surface area contributed by atoms with Crippen molar-refractivity contribution in [3.05, 3.63) is 29.3 Å². The molecule has 0 saturated carbocycles. The lowest BCUT2D eigenvalue weighted by Crippen LogP contribution is -1.84. The molecule has 0 bridgehead atoms. The van der Waals surface area contributed by atoms with Gasteiger partial charge in [-0.15, -0.1) is 0 Å². The van der Waals surface area contributed by atoms with E-state index in [1.54, 1.807) is 19.1 Å². The zero-order valence-electron chi connectivity index (χ0n) is 5.63. The SMILES string of the molecule is Cc1cccc([O])c1C=O. The summed E-state index contributed by atoms with van der Waals surface area (Å²) >= 11 is 0. The van der Waals surface area contributed by atoms with Crippen LogP contribution in [0, 0.1) is 6.92 Å². The molecule has 0 spiro atoms. The van der Waals surface area contributed by atoms with Gasteiger partial charge in [-0.25, -0.2) is 0 Å². The summed E-state index contributed by atoms with van der Waals surface area (Å²) in [7, 11) is 0. The van der Waals surface area contributed by atoms with Gasteiger partial charge in [0, 0.05) is 0 Å². The molecule has 0 aliphatic carbocycles. The van der Waals surface area contributed by atoms with Gasteiger partial charge < -0.3 is 0 Å². The maximum Gasteiger partial charge on any atom is 0.189 e. The first-order valence-corrected chi connectivity index (χ1v) is 2.97. The summed E-state index contributed by atoms with van der Waals surface area (Å²) in [5.41, 5.74) is 1.00. The maximum atomic E-state index is 10.8. The molecule has 0 atom stereocenters. The molecular weight excluding hydrogens is 128 g/mol. The highest BCUT2D eigenvalue weighted by Gasteiger charge is 2.02. The number of aryl methyl sites for hydroxylation is 1. The van der Waals surface area contributed by atoms with Gasteiger partial charge in [0.25, 0.3) is 0 Å². The van der Waals surface area contributed by atoms with E-state index in [9.17, 15) is 9.90 Å². The third kappa shape index (κ3) is 1.00. The summed E-state index contributed by atoms with van der Waals surface area (Å²) in [5, 5.41) is 10.8. The average Bonchev–Trinajstić information content (AvgIpc) is 1.88. The van der Waals surface area contributed by atoms with Crippen molar-refractivity contribution in [3.8, 4) is 5.75 Å². The Hall–Kier alpha value is -1.31. The molecule has 1 rings (SSSR count). The van der Waals surface area contributed by atoms with Crippen LogP contribution in [-0.2, 0) is 5.11 Å². The van der Waals surface area contributed by atoms with E-state index in [0.29, 0.717) is 6.29 Å². The van der Waals surface area contributed by atoms with Gasteiger partial charge in [0.1, 0.15) is 0 Å². The Balaban J connectivity index is 3.30. The molecule has 2 heteroatoms. The number of hydrogen-bond donors (Lipinski definition) is 0. The summed E-state index contributed by atoms with van der Waals surface area (Å²) in [6, 6.07) is 4.77. The Morgan fingerprint density at radius 2 is 2.10 bits per heavy atom. The molecule has 0 aliphatic rings. The van der Waals surface area contributed by atoms with Crippen molar-refractivity contribution >= 4 is 6.29 Å². The van der Waals surface area contributed by atoms with E-state index in [1.165, 1.54) is 6.07 Å². The largest absolute Gasteiger partial charge is 0.298 e. The highest BCUT2D eigenvalue weighted by atomic mass is 16.3. The van der Waals surface area contributed by atoms with Crippen LogP contribution in [0.4, 0.5) is 0 Å². The lowest BCUT2D eigenvalue weighted by Gasteiger charge is -1.95. The van der Waals surface area contributed by atoms with Gasteiger partial charge in [-0.1, -0.05) is 12.1 Å². The number of carbonyl (C=O) groups is 1. The van der Waals surface area contributed by atoms with Crippen LogP contribution in [0.15, 0.2) is 18.2 Å². The van der Waals surface area contributed by atoms with Crippen LogP contribution in [0.25, 0.3) is 0 Å². The smallest absolute Gasteiger partial charge is 0.189 e. The molecule has 0 unspecified atom stereocenters. The molecule has 0 heterocycles. The number of benzene rings is 1. The van der Waals surface area contributed by atoms with Crippen molar-refractivity contribution in [2.75, 3.05) is 0 Å². The van der Waals surface area contributed by atoms with Gasteiger partial charge in [-0.2, -0.15) is 0 Å². The molecule has 0 saturated heterocycles. The van der Waals surface area contributed by atoms with Crippen LogP contribution in [0.5, 0.6) is 5.75 Å². The number of rotatable bonds is 1. The zero-order valence-corrected chi connectivity index (χ0v) is 5.63. The lowest BCUT2D eigenvalue weighted by atomic mass is 10.1. The highest BCUT2D eigenvalue weighted by Crippen LogP contribution is 2.17. The van der Waals surface area contributed by atoms with Crippen LogP contribution in [0.3, 0.4) is 0 Å². The third-order valence-corrected chi connectivity index (χ3v) is 1.40. The van der Waals surface area contributed by atoms with Gasteiger partial charge in [-0.05, 0) is 18.6 Å². The molecule has 0 amide bonds. The van der Waals surface area contributed by atoms with Gasteiger partial charge in [0.15, 0.2) is 12.0 Å². The third-order valence-electron chi connectivity index (χ3n) is 1.40.